The van der Waals surface area contributed by atoms with Crippen LogP contribution in [0.25, 0.3) is 11.3 Å². The molecule has 1 atom stereocenters. The molecule has 1 unspecified atom stereocenters. The summed E-state index contributed by atoms with van der Waals surface area (Å²) in [7, 11) is 2.02. The molecule has 0 radical (unpaired) electrons. The van der Waals surface area contributed by atoms with Crippen LogP contribution < -0.4 is 15.1 Å². The van der Waals surface area contributed by atoms with Crippen molar-refractivity contribution in [3.63, 3.8) is 0 Å². The van der Waals surface area contributed by atoms with Crippen LogP contribution in [-0.2, 0) is 19.8 Å². The van der Waals surface area contributed by atoms with Crippen LogP contribution in [0.15, 0.2) is 85.2 Å². The number of benzene rings is 2. The van der Waals surface area contributed by atoms with Gasteiger partial charge in [0, 0.05) is 70.5 Å². The van der Waals surface area contributed by atoms with Crippen molar-refractivity contribution >= 4 is 29.2 Å². The average Bonchev–Trinajstić information content (AvgIpc) is 3.26. The van der Waals surface area contributed by atoms with Crippen LogP contribution in [-0.4, -0.2) is 107 Å². The summed E-state index contributed by atoms with van der Waals surface area (Å²) < 4.78 is 0. The lowest BCUT2D eigenvalue weighted by Crippen LogP contribution is -2.56. The van der Waals surface area contributed by atoms with Crippen LogP contribution in [0.3, 0.4) is 0 Å². The van der Waals surface area contributed by atoms with Gasteiger partial charge in [-0.2, -0.15) is 10.2 Å². The van der Waals surface area contributed by atoms with Gasteiger partial charge in [0.15, 0.2) is 0 Å². The molecule has 4 fully saturated rings. The molecule has 4 aliphatic rings. The number of amides is 3. The van der Waals surface area contributed by atoms with Gasteiger partial charge < -0.3 is 24.7 Å². The SMILES string of the molecule is CN(C(=O)C1(c2ccccc2)CCN(c2cnnc(-c3ccccc3O)c2)CC1)C1CCN(CCC2CCN(c3ccc(C4CCC(=O)NC4=O)cn3)CC2)CC1. The number of carbonyl (C=O) groups is 3. The molecule has 0 bridgehead atoms. The number of piperidine rings is 4. The second-order valence-electron chi connectivity index (χ2n) is 16.4. The summed E-state index contributed by atoms with van der Waals surface area (Å²) in [4.78, 5) is 52.5. The number of nitrogens with one attached hydrogen (secondary N) is 1. The third kappa shape index (κ3) is 8.37. The molecule has 57 heavy (non-hydrogen) atoms. The fraction of sp³-hybridized carbons (Fsp3) is 0.467. The summed E-state index contributed by atoms with van der Waals surface area (Å²) >= 11 is 0. The molecule has 8 rings (SSSR count). The summed E-state index contributed by atoms with van der Waals surface area (Å²) in [6.07, 6.45) is 11.3. The topological polar surface area (TPSA) is 135 Å². The Balaban J connectivity index is 0.818. The van der Waals surface area contributed by atoms with Gasteiger partial charge in [-0.3, -0.25) is 19.7 Å². The number of hydrogen-bond donors (Lipinski definition) is 2. The van der Waals surface area contributed by atoms with E-state index in [2.05, 4.69) is 47.2 Å². The minimum absolute atomic E-state index is 0.176. The maximum atomic E-state index is 14.7. The third-order valence-electron chi connectivity index (χ3n) is 13.2. The molecule has 2 N–H and O–H groups in total. The van der Waals surface area contributed by atoms with Crippen molar-refractivity contribution in [3.8, 4) is 17.0 Å². The molecule has 4 aliphatic heterocycles. The summed E-state index contributed by atoms with van der Waals surface area (Å²) in [5.41, 5.74) is 3.59. The van der Waals surface area contributed by atoms with E-state index < -0.39 is 5.41 Å². The number of nitrogens with zero attached hydrogens (tertiary/aromatic N) is 7. The van der Waals surface area contributed by atoms with Gasteiger partial charge in [-0.25, -0.2) is 4.98 Å². The molecule has 12 heteroatoms. The summed E-state index contributed by atoms with van der Waals surface area (Å²) in [6.45, 7) is 6.48. The smallest absolute Gasteiger partial charge is 0.234 e. The zero-order valence-electron chi connectivity index (χ0n) is 32.9. The van der Waals surface area contributed by atoms with E-state index in [4.69, 9.17) is 4.98 Å². The standard InChI is InChI=1S/C45H54N8O4/c1-50(44(57)45(34-7-3-2-4-8-34)20-27-52(28-21-45)36-29-39(49-47-31-36)38-9-5-6-10-40(38)54)35-18-23-51(24-19-35)22-15-32-16-25-53(26-17-32)41-13-11-33(30-46-41)37-12-14-42(55)48-43(37)56/h2-11,13,29-32,35,37,54H,12,14-28H2,1H3,(H,48,55,56). The highest BCUT2D eigenvalue weighted by Crippen LogP contribution is 2.40. The Kier molecular flexibility index (Phi) is 11.5. The Morgan fingerprint density at radius 3 is 2.30 bits per heavy atom. The van der Waals surface area contributed by atoms with Crippen molar-refractivity contribution < 1.29 is 19.5 Å². The van der Waals surface area contributed by atoms with E-state index in [9.17, 15) is 19.5 Å². The Labute approximate surface area is 335 Å². The van der Waals surface area contributed by atoms with Crippen LogP contribution in [0.4, 0.5) is 11.5 Å². The number of aromatic nitrogens is 3. The molecule has 2 aromatic carbocycles. The largest absolute Gasteiger partial charge is 0.507 e. The lowest BCUT2D eigenvalue weighted by Gasteiger charge is -2.46. The number of para-hydroxylation sites is 1. The number of likely N-dealkylation sites (tertiary alicyclic amines) is 1. The minimum Gasteiger partial charge on any atom is -0.507 e. The summed E-state index contributed by atoms with van der Waals surface area (Å²) in [6, 6.07) is 23.7. The molecule has 12 nitrogen and oxygen atoms in total. The number of phenolic OH excluding ortho intramolecular Hbond substituents is 1. The van der Waals surface area contributed by atoms with Crippen LogP contribution in [0.5, 0.6) is 5.75 Å². The maximum absolute atomic E-state index is 14.7. The van der Waals surface area contributed by atoms with Gasteiger partial charge in [0.05, 0.1) is 28.9 Å². The van der Waals surface area contributed by atoms with Gasteiger partial charge >= 0.3 is 0 Å². The number of likely N-dealkylation sites (N-methyl/N-ethyl adjacent to an activating group) is 1. The molecule has 0 aliphatic carbocycles. The van der Waals surface area contributed by atoms with Gasteiger partial charge in [0.2, 0.25) is 17.7 Å². The summed E-state index contributed by atoms with van der Waals surface area (Å²) in [5.74, 6) is 1.31. The minimum atomic E-state index is -0.593. The van der Waals surface area contributed by atoms with Crippen LogP contribution in [0.1, 0.15) is 74.8 Å². The van der Waals surface area contributed by atoms with E-state index in [-0.39, 0.29) is 35.4 Å². The zero-order valence-corrected chi connectivity index (χ0v) is 32.9. The Morgan fingerprint density at radius 1 is 0.860 bits per heavy atom. The van der Waals surface area contributed by atoms with E-state index in [1.807, 2.05) is 55.6 Å². The highest BCUT2D eigenvalue weighted by molar-refractivity contribution is 6.00. The molecular weight excluding hydrogens is 717 g/mol. The number of rotatable bonds is 10. The fourth-order valence-corrected chi connectivity index (χ4v) is 9.53. The van der Waals surface area contributed by atoms with Crippen molar-refractivity contribution in [1.29, 1.82) is 0 Å². The highest BCUT2D eigenvalue weighted by Gasteiger charge is 2.46. The highest BCUT2D eigenvalue weighted by atomic mass is 16.3. The van der Waals surface area contributed by atoms with Gasteiger partial charge in [0.1, 0.15) is 11.6 Å². The number of phenols is 1. The van der Waals surface area contributed by atoms with Crippen molar-refractivity contribution in [2.24, 2.45) is 5.92 Å². The lowest BCUT2D eigenvalue weighted by atomic mass is 9.71. The third-order valence-corrected chi connectivity index (χ3v) is 13.2. The van der Waals surface area contributed by atoms with E-state index in [1.54, 1.807) is 24.5 Å². The van der Waals surface area contributed by atoms with Gasteiger partial charge in [0.25, 0.3) is 0 Å². The Bertz CT molecular complexity index is 2020. The van der Waals surface area contributed by atoms with Crippen molar-refractivity contribution in [1.82, 2.24) is 30.3 Å². The molecule has 3 amide bonds. The van der Waals surface area contributed by atoms with Crippen molar-refractivity contribution in [3.05, 3.63) is 96.3 Å². The number of carbonyl (C=O) groups excluding carboxylic acids is 3. The first kappa shape index (κ1) is 38.5. The molecule has 4 saturated heterocycles. The quantitative estimate of drug-likeness (QED) is 0.198. The van der Waals surface area contributed by atoms with Crippen molar-refractivity contribution in [2.45, 2.75) is 75.2 Å². The second-order valence-corrected chi connectivity index (χ2v) is 16.4. The Morgan fingerprint density at radius 2 is 1.60 bits per heavy atom. The number of aromatic hydroxyl groups is 1. The molecule has 0 spiro atoms. The number of pyridine rings is 1. The van der Waals surface area contributed by atoms with Gasteiger partial charge in [-0.05, 0) is 99.2 Å². The molecule has 6 heterocycles. The number of imide groups is 1. The maximum Gasteiger partial charge on any atom is 0.234 e. The number of hydrogen-bond acceptors (Lipinski definition) is 10. The first-order valence-corrected chi connectivity index (χ1v) is 20.7. The lowest BCUT2D eigenvalue weighted by molar-refractivity contribution is -0.140. The number of anilines is 2. The van der Waals surface area contributed by atoms with Crippen LogP contribution >= 0.6 is 0 Å². The van der Waals surface area contributed by atoms with Gasteiger partial charge in [-0.1, -0.05) is 48.5 Å². The predicted molar refractivity (Wildman–Crippen MR) is 220 cm³/mol. The van der Waals surface area contributed by atoms with Crippen LogP contribution in [0, 0.1) is 5.92 Å². The average molecular weight is 771 g/mol. The van der Waals surface area contributed by atoms with Crippen molar-refractivity contribution in [2.75, 3.05) is 62.7 Å². The predicted octanol–water partition coefficient (Wildman–Crippen LogP) is 5.53. The zero-order chi connectivity index (χ0) is 39.4. The van der Waals surface area contributed by atoms with E-state index >= 15 is 0 Å². The molecule has 4 aromatic rings. The monoisotopic (exact) mass is 770 g/mol. The first-order valence-electron chi connectivity index (χ1n) is 20.7. The van der Waals surface area contributed by atoms with E-state index in [1.165, 1.54) is 6.42 Å². The van der Waals surface area contributed by atoms with Gasteiger partial charge in [-0.15, -0.1) is 0 Å². The fourth-order valence-electron chi connectivity index (χ4n) is 9.53. The van der Waals surface area contributed by atoms with E-state index in [0.29, 0.717) is 55.9 Å². The van der Waals surface area contributed by atoms with Crippen LogP contribution in [0.2, 0.25) is 0 Å². The Hall–Kier alpha value is -5.36. The molecular formula is C45H54N8O4. The second kappa shape index (κ2) is 17.0. The molecule has 298 valence electrons. The molecule has 0 saturated carbocycles. The summed E-state index contributed by atoms with van der Waals surface area (Å²) in [5, 5.41) is 21.4. The normalized spacial score (nSPS) is 21.0. The molecule has 2 aromatic heterocycles. The first-order chi connectivity index (χ1) is 27.8. The van der Waals surface area contributed by atoms with E-state index in [0.717, 1.165) is 81.0 Å².